The van der Waals surface area contributed by atoms with Crippen molar-refractivity contribution >= 4 is 11.8 Å². The first-order valence-electron chi connectivity index (χ1n) is 8.18. The van der Waals surface area contributed by atoms with Crippen LogP contribution in [-0.2, 0) is 4.79 Å². The molecule has 22 heavy (non-hydrogen) atoms. The Balaban J connectivity index is 2.01. The third-order valence-electron chi connectivity index (χ3n) is 3.55. The molecule has 0 saturated carbocycles. The fourth-order valence-electron chi connectivity index (χ4n) is 2.26. The lowest BCUT2D eigenvalue weighted by Gasteiger charge is -2.04. The number of unbranched alkanes of at least 4 members (excludes halogenated alkanes) is 7. The number of carbonyl (C=O) groups excluding carboxylic acids is 2. The van der Waals surface area contributed by atoms with E-state index >= 15 is 0 Å². The number of carbonyl (C=O) groups is 2. The van der Waals surface area contributed by atoms with Crippen molar-refractivity contribution in [2.45, 2.75) is 57.8 Å². The van der Waals surface area contributed by atoms with E-state index < -0.39 is 0 Å². The van der Waals surface area contributed by atoms with Crippen LogP contribution in [0.4, 0.5) is 0 Å². The van der Waals surface area contributed by atoms with Gasteiger partial charge in [-0.2, -0.15) is 0 Å². The van der Waals surface area contributed by atoms with Crippen molar-refractivity contribution in [3.63, 3.8) is 0 Å². The molecule has 0 aliphatic carbocycles. The lowest BCUT2D eigenvalue weighted by Crippen LogP contribution is -2.30. The maximum atomic E-state index is 11.7. The van der Waals surface area contributed by atoms with Crippen LogP contribution in [0.2, 0.25) is 0 Å². The smallest absolute Gasteiger partial charge is 0.257 e. The molecule has 0 radical (unpaired) electrons. The summed E-state index contributed by atoms with van der Waals surface area (Å²) in [5.74, 6) is -0.558. The molecule has 0 aromatic carbocycles. The van der Waals surface area contributed by atoms with Crippen molar-refractivity contribution in [2.24, 2.45) is 5.73 Å². The average molecular weight is 305 g/mol. The Kier molecular flexibility index (Phi) is 9.87. The molecule has 0 aliphatic heterocycles. The predicted molar refractivity (Wildman–Crippen MR) is 87.3 cm³/mol. The van der Waals surface area contributed by atoms with Gasteiger partial charge >= 0.3 is 0 Å². The second-order valence-corrected chi connectivity index (χ2v) is 5.48. The first-order chi connectivity index (χ1) is 10.7. The quantitative estimate of drug-likeness (QED) is 0.616. The number of rotatable bonds is 11. The minimum absolute atomic E-state index is 0.204. The van der Waals surface area contributed by atoms with Crippen LogP contribution in [0.3, 0.4) is 0 Å². The molecule has 1 aromatic heterocycles. The summed E-state index contributed by atoms with van der Waals surface area (Å²) in [5, 5.41) is 2.40. The molecule has 1 rings (SSSR count). The number of hydrogen-bond acceptors (Lipinski definition) is 4. The number of pyridine rings is 1. The summed E-state index contributed by atoms with van der Waals surface area (Å²) < 4.78 is 0. The first-order valence-corrected chi connectivity index (χ1v) is 8.18. The molecule has 0 atom stereocenters. The zero-order valence-electron chi connectivity index (χ0n) is 13.2. The molecule has 3 N–H and O–H groups in total. The largest absolute Gasteiger partial charge is 0.330 e. The summed E-state index contributed by atoms with van der Waals surface area (Å²) in [6, 6.07) is 3.18. The number of hydrogen-bond donors (Lipinski definition) is 2. The minimum Gasteiger partial charge on any atom is -0.330 e. The molecule has 122 valence electrons. The van der Waals surface area contributed by atoms with E-state index in [1.54, 1.807) is 12.1 Å². The number of imide groups is 1. The summed E-state index contributed by atoms with van der Waals surface area (Å²) in [6.45, 7) is 0.785. The van der Waals surface area contributed by atoms with Crippen molar-refractivity contribution in [3.05, 3.63) is 30.1 Å². The SMILES string of the molecule is NCCCCCCCCCCC(=O)NC(=O)c1ccncc1. The number of nitrogens with two attached hydrogens (primary N) is 1. The van der Waals surface area contributed by atoms with Crippen LogP contribution >= 0.6 is 0 Å². The Hall–Kier alpha value is -1.75. The zero-order valence-corrected chi connectivity index (χ0v) is 13.2. The predicted octanol–water partition coefficient (Wildman–Crippen LogP) is 2.81. The molecular formula is C17H27N3O2. The molecule has 1 aromatic rings. The maximum absolute atomic E-state index is 11.7. The molecule has 0 spiro atoms. The first kappa shape index (κ1) is 18.3. The Morgan fingerprint density at radius 3 is 2.05 bits per heavy atom. The van der Waals surface area contributed by atoms with Crippen LogP contribution in [0.5, 0.6) is 0 Å². The van der Waals surface area contributed by atoms with Gasteiger partial charge in [-0.25, -0.2) is 0 Å². The van der Waals surface area contributed by atoms with E-state index in [1.807, 2.05) is 0 Å². The standard InChI is InChI=1S/C17H27N3O2/c18-12-8-6-4-2-1-3-5-7-9-16(21)20-17(22)15-10-13-19-14-11-15/h10-11,13-14H,1-9,12,18H2,(H,20,21,22). The Morgan fingerprint density at radius 1 is 0.909 bits per heavy atom. The van der Waals surface area contributed by atoms with E-state index in [4.69, 9.17) is 5.73 Å². The van der Waals surface area contributed by atoms with Crippen LogP contribution in [-0.4, -0.2) is 23.3 Å². The second kappa shape index (κ2) is 11.9. The minimum atomic E-state index is -0.354. The van der Waals surface area contributed by atoms with Gasteiger partial charge in [-0.1, -0.05) is 38.5 Å². The molecule has 1 heterocycles. The van der Waals surface area contributed by atoms with E-state index in [0.717, 1.165) is 32.2 Å². The topological polar surface area (TPSA) is 85.1 Å². The highest BCUT2D eigenvalue weighted by Gasteiger charge is 2.09. The Bertz CT molecular complexity index is 435. The molecule has 0 saturated heterocycles. The van der Waals surface area contributed by atoms with Crippen LogP contribution in [0.1, 0.15) is 68.1 Å². The van der Waals surface area contributed by atoms with Gasteiger partial charge in [-0.05, 0) is 31.5 Å². The third-order valence-corrected chi connectivity index (χ3v) is 3.55. The molecule has 0 bridgehead atoms. The van der Waals surface area contributed by atoms with Gasteiger partial charge in [0, 0.05) is 24.4 Å². The van der Waals surface area contributed by atoms with Gasteiger partial charge in [-0.3, -0.25) is 19.9 Å². The van der Waals surface area contributed by atoms with Gasteiger partial charge < -0.3 is 5.73 Å². The number of nitrogens with one attached hydrogen (secondary N) is 1. The van der Waals surface area contributed by atoms with E-state index in [9.17, 15) is 9.59 Å². The zero-order chi connectivity index (χ0) is 16.0. The lowest BCUT2D eigenvalue weighted by atomic mass is 10.1. The van der Waals surface area contributed by atoms with Gasteiger partial charge in [-0.15, -0.1) is 0 Å². The summed E-state index contributed by atoms with van der Waals surface area (Å²) >= 11 is 0. The molecular weight excluding hydrogens is 278 g/mol. The summed E-state index contributed by atoms with van der Waals surface area (Å²) in [7, 11) is 0. The monoisotopic (exact) mass is 305 g/mol. The second-order valence-electron chi connectivity index (χ2n) is 5.48. The van der Waals surface area contributed by atoms with Crippen molar-refractivity contribution < 1.29 is 9.59 Å². The summed E-state index contributed by atoms with van der Waals surface area (Å²) in [5.41, 5.74) is 5.90. The molecule has 0 unspecified atom stereocenters. The van der Waals surface area contributed by atoms with Gasteiger partial charge in [0.15, 0.2) is 0 Å². The van der Waals surface area contributed by atoms with Gasteiger partial charge in [0.1, 0.15) is 0 Å². The maximum Gasteiger partial charge on any atom is 0.257 e. The van der Waals surface area contributed by atoms with E-state index in [1.165, 1.54) is 38.1 Å². The normalized spacial score (nSPS) is 10.4. The van der Waals surface area contributed by atoms with Crippen LogP contribution < -0.4 is 11.1 Å². The molecule has 0 fully saturated rings. The fourth-order valence-corrected chi connectivity index (χ4v) is 2.26. The summed E-state index contributed by atoms with van der Waals surface area (Å²) in [4.78, 5) is 27.3. The van der Waals surface area contributed by atoms with Gasteiger partial charge in [0.25, 0.3) is 5.91 Å². The van der Waals surface area contributed by atoms with Crippen molar-refractivity contribution in [2.75, 3.05) is 6.54 Å². The van der Waals surface area contributed by atoms with Gasteiger partial charge in [0.2, 0.25) is 5.91 Å². The highest BCUT2D eigenvalue weighted by atomic mass is 16.2. The number of aromatic nitrogens is 1. The number of nitrogens with zero attached hydrogens (tertiary/aromatic N) is 1. The molecule has 5 heteroatoms. The Labute approximate surface area is 132 Å². The van der Waals surface area contributed by atoms with Crippen molar-refractivity contribution in [1.29, 1.82) is 0 Å². The number of amides is 2. The van der Waals surface area contributed by atoms with E-state index in [0.29, 0.717) is 12.0 Å². The highest BCUT2D eigenvalue weighted by Crippen LogP contribution is 2.09. The van der Waals surface area contributed by atoms with Crippen LogP contribution in [0, 0.1) is 0 Å². The third kappa shape index (κ3) is 8.52. The fraction of sp³-hybridized carbons (Fsp3) is 0.588. The van der Waals surface area contributed by atoms with Gasteiger partial charge in [0.05, 0.1) is 0 Å². The van der Waals surface area contributed by atoms with E-state index in [-0.39, 0.29) is 11.8 Å². The van der Waals surface area contributed by atoms with Crippen molar-refractivity contribution in [3.8, 4) is 0 Å². The highest BCUT2D eigenvalue weighted by molar-refractivity contribution is 6.04. The Morgan fingerprint density at radius 2 is 1.45 bits per heavy atom. The molecule has 5 nitrogen and oxygen atoms in total. The lowest BCUT2D eigenvalue weighted by molar-refractivity contribution is -0.120. The van der Waals surface area contributed by atoms with E-state index in [2.05, 4.69) is 10.3 Å². The van der Waals surface area contributed by atoms with Crippen LogP contribution in [0.25, 0.3) is 0 Å². The van der Waals surface area contributed by atoms with Crippen molar-refractivity contribution in [1.82, 2.24) is 10.3 Å². The van der Waals surface area contributed by atoms with Crippen LogP contribution in [0.15, 0.2) is 24.5 Å². The summed E-state index contributed by atoms with van der Waals surface area (Å²) in [6.07, 6.45) is 12.5. The average Bonchev–Trinajstić information content (AvgIpc) is 2.54. The molecule has 0 aliphatic rings. The molecule has 2 amide bonds.